The average Bonchev–Trinajstić information content (AvgIpc) is 2.83. The summed E-state index contributed by atoms with van der Waals surface area (Å²) in [6.45, 7) is 1.98. The van der Waals surface area contributed by atoms with E-state index in [9.17, 15) is 14.4 Å². The fraction of sp³-hybridized carbons (Fsp3) is 0.115. The minimum atomic E-state index is -0.851. The maximum atomic E-state index is 13.3. The molecule has 3 aromatic carbocycles. The van der Waals surface area contributed by atoms with Crippen LogP contribution in [0.1, 0.15) is 16.7 Å². The molecule has 0 aliphatic carbocycles. The zero-order valence-corrected chi connectivity index (χ0v) is 22.2. The van der Waals surface area contributed by atoms with Crippen LogP contribution in [-0.4, -0.2) is 25.0 Å². The molecular weight excluding hydrogens is 571 g/mol. The van der Waals surface area contributed by atoms with Crippen LogP contribution in [-0.2, 0) is 16.2 Å². The standard InChI is InChI=1S/C26H19BrCl2N2O5/c1-14-6-7-18(29)12-21(14)31-25(33)19(24(32)30-26(31)34)9-16-10-20(27)23(22(11-16)35-2)36-13-15-4-3-5-17(28)8-15/h3-12H,13H2,1-2H3,(H,30,32,34)/b19-9+. The van der Waals surface area contributed by atoms with E-state index in [2.05, 4.69) is 21.2 Å². The molecule has 1 fully saturated rings. The minimum Gasteiger partial charge on any atom is -0.493 e. The van der Waals surface area contributed by atoms with Gasteiger partial charge in [0.15, 0.2) is 11.5 Å². The van der Waals surface area contributed by atoms with Crippen LogP contribution in [0.5, 0.6) is 11.5 Å². The Morgan fingerprint density at radius 2 is 1.78 bits per heavy atom. The number of anilines is 1. The second kappa shape index (κ2) is 10.7. The van der Waals surface area contributed by atoms with E-state index in [0.717, 1.165) is 10.5 Å². The molecule has 184 valence electrons. The van der Waals surface area contributed by atoms with Crippen LogP contribution < -0.4 is 19.7 Å². The van der Waals surface area contributed by atoms with Gasteiger partial charge >= 0.3 is 6.03 Å². The van der Waals surface area contributed by atoms with Crippen LogP contribution in [0.15, 0.2) is 64.6 Å². The van der Waals surface area contributed by atoms with E-state index in [-0.39, 0.29) is 17.9 Å². The van der Waals surface area contributed by atoms with E-state index in [1.807, 2.05) is 12.1 Å². The predicted molar refractivity (Wildman–Crippen MR) is 142 cm³/mol. The minimum absolute atomic E-state index is 0.226. The van der Waals surface area contributed by atoms with Crippen LogP contribution in [0.3, 0.4) is 0 Å². The summed E-state index contributed by atoms with van der Waals surface area (Å²) in [5.41, 5.74) is 2.04. The van der Waals surface area contributed by atoms with Gasteiger partial charge in [-0.2, -0.15) is 0 Å². The quantitative estimate of drug-likeness (QED) is 0.269. The maximum Gasteiger partial charge on any atom is 0.335 e. The SMILES string of the molecule is COc1cc(/C=C2\C(=O)NC(=O)N(c3cc(Cl)ccc3C)C2=O)cc(Br)c1OCc1cccc(Cl)c1. The molecule has 36 heavy (non-hydrogen) atoms. The van der Waals surface area contributed by atoms with Gasteiger partial charge in [-0.3, -0.25) is 14.9 Å². The molecule has 1 aliphatic rings. The number of imide groups is 2. The highest BCUT2D eigenvalue weighted by Gasteiger charge is 2.37. The number of amides is 4. The summed E-state index contributed by atoms with van der Waals surface area (Å²) in [6, 6.07) is 14.5. The predicted octanol–water partition coefficient (Wildman–Crippen LogP) is 6.32. The van der Waals surface area contributed by atoms with E-state index in [4.69, 9.17) is 32.7 Å². The number of hydrogen-bond donors (Lipinski definition) is 1. The Bertz CT molecular complexity index is 1420. The van der Waals surface area contributed by atoms with E-state index in [0.29, 0.717) is 37.1 Å². The second-order valence-corrected chi connectivity index (χ2v) is 9.57. The van der Waals surface area contributed by atoms with Crippen LogP contribution in [0, 0.1) is 6.92 Å². The highest BCUT2D eigenvalue weighted by molar-refractivity contribution is 9.10. The third-order valence-corrected chi connectivity index (χ3v) is 6.41. The first-order valence-corrected chi connectivity index (χ1v) is 12.1. The summed E-state index contributed by atoms with van der Waals surface area (Å²) >= 11 is 15.6. The second-order valence-electron chi connectivity index (χ2n) is 7.84. The molecule has 7 nitrogen and oxygen atoms in total. The molecule has 0 bridgehead atoms. The Labute approximate surface area is 225 Å². The van der Waals surface area contributed by atoms with E-state index >= 15 is 0 Å². The van der Waals surface area contributed by atoms with Crippen molar-refractivity contribution in [1.29, 1.82) is 0 Å². The van der Waals surface area contributed by atoms with E-state index in [1.54, 1.807) is 43.3 Å². The number of ether oxygens (including phenoxy) is 2. The average molecular weight is 590 g/mol. The van der Waals surface area contributed by atoms with Crippen molar-refractivity contribution in [1.82, 2.24) is 5.32 Å². The zero-order valence-electron chi connectivity index (χ0n) is 19.1. The molecule has 0 spiro atoms. The summed E-state index contributed by atoms with van der Waals surface area (Å²) in [6.07, 6.45) is 1.38. The number of carbonyl (C=O) groups is 3. The molecule has 1 saturated heterocycles. The lowest BCUT2D eigenvalue weighted by Gasteiger charge is -2.27. The van der Waals surface area contributed by atoms with Gasteiger partial charge in [0.25, 0.3) is 11.8 Å². The first kappa shape index (κ1) is 25.8. The van der Waals surface area contributed by atoms with Crippen LogP contribution in [0.2, 0.25) is 10.0 Å². The van der Waals surface area contributed by atoms with Crippen molar-refractivity contribution in [3.05, 3.63) is 91.4 Å². The van der Waals surface area contributed by atoms with Gasteiger partial charge in [0.2, 0.25) is 0 Å². The third kappa shape index (κ3) is 5.41. The van der Waals surface area contributed by atoms with Crippen LogP contribution in [0.4, 0.5) is 10.5 Å². The number of hydrogen-bond acceptors (Lipinski definition) is 5. The van der Waals surface area contributed by atoms with Crippen molar-refractivity contribution < 1.29 is 23.9 Å². The first-order chi connectivity index (χ1) is 17.2. The summed E-state index contributed by atoms with van der Waals surface area (Å²) in [4.78, 5) is 39.3. The highest BCUT2D eigenvalue weighted by atomic mass is 79.9. The van der Waals surface area contributed by atoms with Gasteiger partial charge in [0.05, 0.1) is 17.3 Å². The lowest BCUT2D eigenvalue weighted by Crippen LogP contribution is -2.54. The number of rotatable bonds is 6. The van der Waals surface area contributed by atoms with Crippen molar-refractivity contribution in [2.45, 2.75) is 13.5 Å². The van der Waals surface area contributed by atoms with Crippen molar-refractivity contribution in [3.8, 4) is 11.5 Å². The summed E-state index contributed by atoms with van der Waals surface area (Å²) in [5, 5.41) is 3.16. The normalized spacial score (nSPS) is 14.8. The summed E-state index contributed by atoms with van der Waals surface area (Å²) in [5.74, 6) is -0.770. The Kier molecular flexibility index (Phi) is 7.68. The van der Waals surface area contributed by atoms with Crippen molar-refractivity contribution in [2.75, 3.05) is 12.0 Å². The molecule has 1 aliphatic heterocycles. The van der Waals surface area contributed by atoms with Gasteiger partial charge in [0.1, 0.15) is 12.2 Å². The van der Waals surface area contributed by atoms with Gasteiger partial charge in [-0.15, -0.1) is 0 Å². The van der Waals surface area contributed by atoms with Gasteiger partial charge in [-0.05, 0) is 82.0 Å². The van der Waals surface area contributed by atoms with Gasteiger partial charge in [-0.25, -0.2) is 9.69 Å². The maximum absolute atomic E-state index is 13.3. The number of halogens is 3. The number of carbonyl (C=O) groups excluding carboxylic acids is 3. The lowest BCUT2D eigenvalue weighted by molar-refractivity contribution is -0.122. The molecular formula is C26H19BrCl2N2O5. The van der Waals surface area contributed by atoms with Crippen LogP contribution >= 0.6 is 39.1 Å². The molecule has 0 unspecified atom stereocenters. The smallest absolute Gasteiger partial charge is 0.335 e. The Morgan fingerprint density at radius 1 is 1.03 bits per heavy atom. The zero-order chi connectivity index (χ0) is 26.0. The number of methoxy groups -OCH3 is 1. The van der Waals surface area contributed by atoms with Gasteiger partial charge < -0.3 is 9.47 Å². The molecule has 10 heteroatoms. The molecule has 0 saturated carbocycles. The van der Waals surface area contributed by atoms with Gasteiger partial charge in [-0.1, -0.05) is 41.4 Å². The Balaban J connectivity index is 1.66. The number of nitrogens with zero attached hydrogens (tertiary/aromatic N) is 1. The molecule has 0 aromatic heterocycles. The number of barbiturate groups is 1. The summed E-state index contributed by atoms with van der Waals surface area (Å²) < 4.78 is 12.0. The van der Waals surface area contributed by atoms with Crippen molar-refractivity contribution in [2.24, 2.45) is 0 Å². The number of aryl methyl sites for hydroxylation is 1. The van der Waals surface area contributed by atoms with E-state index in [1.165, 1.54) is 19.3 Å². The highest BCUT2D eigenvalue weighted by Crippen LogP contribution is 2.38. The molecule has 0 atom stereocenters. The summed E-state index contributed by atoms with van der Waals surface area (Å²) in [7, 11) is 1.48. The first-order valence-electron chi connectivity index (χ1n) is 10.6. The number of nitrogens with one attached hydrogen (secondary N) is 1. The third-order valence-electron chi connectivity index (χ3n) is 5.35. The molecule has 1 heterocycles. The number of urea groups is 1. The molecule has 4 rings (SSSR count). The molecule has 3 aromatic rings. The Morgan fingerprint density at radius 3 is 2.50 bits per heavy atom. The van der Waals surface area contributed by atoms with Crippen molar-refractivity contribution in [3.63, 3.8) is 0 Å². The Hall–Kier alpha value is -3.33. The lowest BCUT2D eigenvalue weighted by atomic mass is 10.1. The monoisotopic (exact) mass is 588 g/mol. The van der Waals surface area contributed by atoms with Crippen molar-refractivity contribution >= 4 is 68.7 Å². The fourth-order valence-electron chi connectivity index (χ4n) is 3.61. The molecule has 4 amide bonds. The van der Waals surface area contributed by atoms with E-state index < -0.39 is 17.8 Å². The molecule has 1 N–H and O–H groups in total. The largest absolute Gasteiger partial charge is 0.493 e. The van der Waals surface area contributed by atoms with Gasteiger partial charge in [0, 0.05) is 10.0 Å². The van der Waals surface area contributed by atoms with Crippen LogP contribution in [0.25, 0.3) is 6.08 Å². The fourth-order valence-corrected chi connectivity index (χ4v) is 4.57. The topological polar surface area (TPSA) is 84.9 Å². The number of benzene rings is 3. The molecule has 0 radical (unpaired) electrons.